The average molecular weight is 511 g/mol. The summed E-state index contributed by atoms with van der Waals surface area (Å²) in [5.74, 6) is 0.259. The highest BCUT2D eigenvalue weighted by Gasteiger charge is 2.54. The maximum atomic E-state index is 13.2. The van der Waals surface area contributed by atoms with Gasteiger partial charge in [-0.25, -0.2) is 0 Å². The minimum absolute atomic E-state index is 0.0775. The second kappa shape index (κ2) is 9.61. The Labute approximate surface area is 223 Å². The van der Waals surface area contributed by atoms with Gasteiger partial charge in [0.25, 0.3) is 5.91 Å². The number of amides is 1. The summed E-state index contributed by atoms with van der Waals surface area (Å²) >= 11 is 0. The highest BCUT2D eigenvalue weighted by Crippen LogP contribution is 2.56. The van der Waals surface area contributed by atoms with Crippen LogP contribution in [0.4, 0.5) is 0 Å². The molecule has 1 amide bonds. The SMILES string of the molecule is CN1CCC23C[C@@H](O)C=C[C@H]2C1Cc1ccc(C(=O)NCCc2ccc(-c4ccc(O)cc4)cc2)c(O)c13. The minimum Gasteiger partial charge on any atom is -0.508 e. The maximum absolute atomic E-state index is 13.2. The number of rotatable bonds is 5. The maximum Gasteiger partial charge on any atom is 0.255 e. The van der Waals surface area contributed by atoms with Gasteiger partial charge in [0.05, 0.1) is 11.7 Å². The molecule has 3 aliphatic rings. The zero-order valence-corrected chi connectivity index (χ0v) is 21.6. The molecule has 2 bridgehead atoms. The second-order valence-corrected chi connectivity index (χ2v) is 11.1. The van der Waals surface area contributed by atoms with Crippen LogP contribution in [0.25, 0.3) is 11.1 Å². The fraction of sp³-hybridized carbons (Fsp3) is 0.344. The molecule has 2 unspecified atom stereocenters. The Morgan fingerprint density at radius 2 is 1.71 bits per heavy atom. The fourth-order valence-electron chi connectivity index (χ4n) is 6.97. The van der Waals surface area contributed by atoms with Crippen molar-refractivity contribution in [2.75, 3.05) is 20.1 Å². The lowest BCUT2D eigenvalue weighted by Gasteiger charge is -2.57. The fourth-order valence-corrected chi connectivity index (χ4v) is 6.97. The van der Waals surface area contributed by atoms with E-state index in [4.69, 9.17) is 0 Å². The van der Waals surface area contributed by atoms with Crippen molar-refractivity contribution in [1.29, 1.82) is 0 Å². The van der Waals surface area contributed by atoms with Gasteiger partial charge in [-0.3, -0.25) is 4.79 Å². The number of carbonyl (C=O) groups excluding carboxylic acids is 1. The van der Waals surface area contributed by atoms with Crippen LogP contribution in [0.2, 0.25) is 0 Å². The number of likely N-dealkylation sites (tertiary alicyclic amines) is 1. The number of likely N-dealkylation sites (N-methyl/N-ethyl adjacent to an activating group) is 1. The molecule has 0 radical (unpaired) electrons. The van der Waals surface area contributed by atoms with Crippen LogP contribution < -0.4 is 5.32 Å². The largest absolute Gasteiger partial charge is 0.508 e. The number of aromatic hydroxyl groups is 2. The number of nitrogens with one attached hydrogen (secondary N) is 1. The molecular weight excluding hydrogens is 476 g/mol. The lowest BCUT2D eigenvalue weighted by molar-refractivity contribution is 0.0195. The second-order valence-electron chi connectivity index (χ2n) is 11.1. The average Bonchev–Trinajstić information content (AvgIpc) is 2.91. The summed E-state index contributed by atoms with van der Waals surface area (Å²) in [6, 6.07) is 19.4. The number of fused-ring (bicyclic) bond motifs is 1. The van der Waals surface area contributed by atoms with Crippen molar-refractivity contribution in [3.8, 4) is 22.6 Å². The van der Waals surface area contributed by atoms with Gasteiger partial charge in [0.2, 0.25) is 0 Å². The first-order valence-electron chi connectivity index (χ1n) is 13.4. The molecule has 38 heavy (non-hydrogen) atoms. The van der Waals surface area contributed by atoms with Crippen molar-refractivity contribution in [1.82, 2.24) is 10.2 Å². The quantitative estimate of drug-likeness (QED) is 0.387. The Kier molecular flexibility index (Phi) is 6.25. The lowest BCUT2D eigenvalue weighted by atomic mass is 9.53. The number of benzene rings is 3. The highest BCUT2D eigenvalue weighted by atomic mass is 16.3. The van der Waals surface area contributed by atoms with Crippen molar-refractivity contribution in [2.24, 2.45) is 5.92 Å². The third-order valence-corrected chi connectivity index (χ3v) is 8.93. The molecule has 3 aromatic rings. The lowest BCUT2D eigenvalue weighted by Crippen LogP contribution is -2.60. The molecule has 3 aromatic carbocycles. The summed E-state index contributed by atoms with van der Waals surface area (Å²) in [5, 5.41) is 34.5. The predicted molar refractivity (Wildman–Crippen MR) is 147 cm³/mol. The first-order chi connectivity index (χ1) is 18.4. The number of aliphatic hydroxyl groups is 1. The molecule has 1 heterocycles. The Morgan fingerprint density at radius 1 is 1.00 bits per heavy atom. The molecule has 1 saturated heterocycles. The van der Waals surface area contributed by atoms with E-state index in [-0.39, 0.29) is 28.7 Å². The standard InChI is InChI=1S/C32H34N2O4/c1-34-17-15-32-19-25(36)11-13-27(32)28(34)18-23-8-12-26(30(37)29(23)32)31(38)33-16-14-20-2-4-21(5-3-20)22-6-9-24(35)10-7-22/h2-13,25,27-28,35-37H,14-19H2,1H3,(H,33,38)/t25-,27-,28?,32?/m0/s1. The van der Waals surface area contributed by atoms with Crippen LogP contribution in [0, 0.1) is 5.92 Å². The Bertz CT molecular complexity index is 1380. The van der Waals surface area contributed by atoms with E-state index in [1.54, 1.807) is 18.2 Å². The van der Waals surface area contributed by atoms with Gasteiger partial charge in [-0.05, 0) is 79.7 Å². The first kappa shape index (κ1) is 24.7. The number of phenolic OH excluding ortho intramolecular Hbond substituents is 2. The topological polar surface area (TPSA) is 93.0 Å². The van der Waals surface area contributed by atoms with Crippen LogP contribution in [0.5, 0.6) is 11.5 Å². The predicted octanol–water partition coefficient (Wildman–Crippen LogP) is 4.17. The van der Waals surface area contributed by atoms with Crippen molar-refractivity contribution >= 4 is 5.91 Å². The van der Waals surface area contributed by atoms with E-state index in [2.05, 4.69) is 23.3 Å². The number of nitrogens with zero attached hydrogens (tertiary/aromatic N) is 1. The summed E-state index contributed by atoms with van der Waals surface area (Å²) in [6.07, 6.45) is 6.40. The molecule has 4 atom stereocenters. The molecular formula is C32H34N2O4. The van der Waals surface area contributed by atoms with E-state index >= 15 is 0 Å². The van der Waals surface area contributed by atoms with E-state index in [1.807, 2.05) is 48.5 Å². The van der Waals surface area contributed by atoms with Gasteiger partial charge in [-0.2, -0.15) is 0 Å². The molecule has 0 aromatic heterocycles. The summed E-state index contributed by atoms with van der Waals surface area (Å²) in [4.78, 5) is 15.6. The number of phenols is 2. The molecule has 2 aliphatic carbocycles. The summed E-state index contributed by atoms with van der Waals surface area (Å²) < 4.78 is 0. The van der Waals surface area contributed by atoms with E-state index in [1.165, 1.54) is 0 Å². The number of hydrogen-bond donors (Lipinski definition) is 4. The number of hydrogen-bond acceptors (Lipinski definition) is 5. The van der Waals surface area contributed by atoms with Gasteiger partial charge >= 0.3 is 0 Å². The van der Waals surface area contributed by atoms with Gasteiger partial charge < -0.3 is 25.5 Å². The van der Waals surface area contributed by atoms with Crippen molar-refractivity contribution < 1.29 is 20.1 Å². The first-order valence-corrected chi connectivity index (χ1v) is 13.4. The van der Waals surface area contributed by atoms with E-state index < -0.39 is 6.10 Å². The Morgan fingerprint density at radius 3 is 2.45 bits per heavy atom. The van der Waals surface area contributed by atoms with E-state index in [0.29, 0.717) is 31.0 Å². The van der Waals surface area contributed by atoms with Gasteiger partial charge in [0.1, 0.15) is 11.5 Å². The number of aliphatic hydroxyl groups excluding tert-OH is 1. The molecule has 6 rings (SSSR count). The Balaban J connectivity index is 1.18. The van der Waals surface area contributed by atoms with E-state index in [9.17, 15) is 20.1 Å². The number of piperidine rings is 1. The Hall–Kier alpha value is -3.61. The van der Waals surface area contributed by atoms with Crippen LogP contribution in [0.1, 0.15) is 39.9 Å². The summed E-state index contributed by atoms with van der Waals surface area (Å²) in [7, 11) is 2.15. The van der Waals surface area contributed by atoms with Crippen LogP contribution >= 0.6 is 0 Å². The molecule has 4 N–H and O–H groups in total. The zero-order chi connectivity index (χ0) is 26.4. The summed E-state index contributed by atoms with van der Waals surface area (Å²) in [5.41, 5.74) is 5.11. The van der Waals surface area contributed by atoms with Crippen molar-refractivity contribution in [3.05, 3.63) is 95.1 Å². The normalized spacial score (nSPS) is 25.9. The van der Waals surface area contributed by atoms with Crippen molar-refractivity contribution in [2.45, 2.75) is 43.2 Å². The molecule has 1 fully saturated rings. The molecule has 196 valence electrons. The van der Waals surface area contributed by atoms with Crippen LogP contribution in [-0.2, 0) is 18.3 Å². The monoisotopic (exact) mass is 510 g/mol. The van der Waals surface area contributed by atoms with Crippen LogP contribution in [-0.4, -0.2) is 58.4 Å². The smallest absolute Gasteiger partial charge is 0.255 e. The van der Waals surface area contributed by atoms with Gasteiger partial charge in [-0.1, -0.05) is 54.6 Å². The molecule has 6 nitrogen and oxygen atoms in total. The third kappa shape index (κ3) is 4.18. The van der Waals surface area contributed by atoms with Crippen molar-refractivity contribution in [3.63, 3.8) is 0 Å². The molecule has 1 aliphatic heterocycles. The highest BCUT2D eigenvalue weighted by molar-refractivity contribution is 5.97. The van der Waals surface area contributed by atoms with Gasteiger partial charge in [0.15, 0.2) is 0 Å². The van der Waals surface area contributed by atoms with Gasteiger partial charge in [0, 0.05) is 29.5 Å². The van der Waals surface area contributed by atoms with Crippen LogP contribution in [0.3, 0.4) is 0 Å². The molecule has 0 spiro atoms. The number of carbonyl (C=O) groups is 1. The molecule has 0 saturated carbocycles. The van der Waals surface area contributed by atoms with E-state index in [0.717, 1.165) is 47.2 Å². The minimum atomic E-state index is -0.543. The molecule has 6 heteroatoms. The third-order valence-electron chi connectivity index (χ3n) is 8.93. The zero-order valence-electron chi connectivity index (χ0n) is 21.6. The van der Waals surface area contributed by atoms with Gasteiger partial charge in [-0.15, -0.1) is 0 Å². The summed E-state index contributed by atoms with van der Waals surface area (Å²) in [6.45, 7) is 1.36. The van der Waals surface area contributed by atoms with Crippen LogP contribution in [0.15, 0.2) is 72.8 Å².